The first-order valence-corrected chi connectivity index (χ1v) is 10.7. The predicted octanol–water partition coefficient (Wildman–Crippen LogP) is 3.85. The van der Waals surface area contributed by atoms with Gasteiger partial charge in [-0.05, 0) is 48.5 Å². The maximum Gasteiger partial charge on any atom is 0.308 e. The Balaban J connectivity index is 1.91. The molecule has 0 amide bonds. The number of hydrogen-bond donors (Lipinski definition) is 0. The van der Waals surface area contributed by atoms with E-state index in [-0.39, 0.29) is 5.97 Å². The highest BCUT2D eigenvalue weighted by Crippen LogP contribution is 2.44. The summed E-state index contributed by atoms with van der Waals surface area (Å²) in [5, 5.41) is 0. The number of sulfone groups is 1. The predicted molar refractivity (Wildman–Crippen MR) is 98.2 cm³/mol. The molecular weight excluding hydrogens is 368 g/mol. The number of ether oxygens (including phenoxy) is 1. The fraction of sp³-hybridized carbons (Fsp3) is 0.0500. The first-order valence-electron chi connectivity index (χ1n) is 7.94. The summed E-state index contributed by atoms with van der Waals surface area (Å²) in [6, 6.07) is 21.5. The Morgan fingerprint density at radius 1 is 0.808 bits per heavy atom. The molecule has 26 heavy (non-hydrogen) atoms. The summed E-state index contributed by atoms with van der Waals surface area (Å²) >= 11 is 0. The molecular formula is C20H15O4S2+. The maximum absolute atomic E-state index is 13.0. The van der Waals surface area contributed by atoms with E-state index in [9.17, 15) is 13.2 Å². The van der Waals surface area contributed by atoms with Crippen LogP contribution in [0.25, 0.3) is 0 Å². The van der Waals surface area contributed by atoms with Crippen LogP contribution in [-0.2, 0) is 25.5 Å². The Morgan fingerprint density at radius 2 is 1.31 bits per heavy atom. The molecule has 0 spiro atoms. The van der Waals surface area contributed by atoms with E-state index in [2.05, 4.69) is 0 Å². The molecule has 0 bridgehead atoms. The van der Waals surface area contributed by atoms with Gasteiger partial charge in [0.2, 0.25) is 9.84 Å². The molecule has 0 radical (unpaired) electrons. The molecule has 0 unspecified atom stereocenters. The van der Waals surface area contributed by atoms with E-state index >= 15 is 0 Å². The van der Waals surface area contributed by atoms with Gasteiger partial charge in [0.15, 0.2) is 14.7 Å². The minimum absolute atomic E-state index is 0.353. The lowest BCUT2D eigenvalue weighted by Crippen LogP contribution is -2.20. The Kier molecular flexibility index (Phi) is 4.09. The van der Waals surface area contributed by atoms with Gasteiger partial charge in [0.25, 0.3) is 0 Å². The third kappa shape index (κ3) is 2.71. The normalized spacial score (nSPS) is 15.0. The number of hydrogen-bond acceptors (Lipinski definition) is 4. The zero-order chi connectivity index (χ0) is 18.3. The second-order valence-corrected chi connectivity index (χ2v) is 9.62. The van der Waals surface area contributed by atoms with Crippen LogP contribution in [0.3, 0.4) is 0 Å². The van der Waals surface area contributed by atoms with Crippen LogP contribution in [-0.4, -0.2) is 14.4 Å². The topological polar surface area (TPSA) is 60.4 Å². The van der Waals surface area contributed by atoms with Crippen molar-refractivity contribution in [3.63, 3.8) is 0 Å². The molecule has 0 fully saturated rings. The minimum Gasteiger partial charge on any atom is -0.427 e. The zero-order valence-corrected chi connectivity index (χ0v) is 15.5. The quantitative estimate of drug-likeness (QED) is 0.300. The molecule has 4 nitrogen and oxygen atoms in total. The second kappa shape index (κ2) is 6.30. The molecule has 0 saturated heterocycles. The van der Waals surface area contributed by atoms with Crippen LogP contribution in [0.5, 0.6) is 5.75 Å². The largest absolute Gasteiger partial charge is 0.427 e. The van der Waals surface area contributed by atoms with Crippen LogP contribution in [0, 0.1) is 0 Å². The van der Waals surface area contributed by atoms with Crippen molar-refractivity contribution in [2.24, 2.45) is 0 Å². The van der Waals surface area contributed by atoms with Gasteiger partial charge in [-0.15, -0.1) is 0 Å². The first-order chi connectivity index (χ1) is 12.5. The zero-order valence-electron chi connectivity index (χ0n) is 13.9. The van der Waals surface area contributed by atoms with Crippen LogP contribution in [0.2, 0.25) is 0 Å². The summed E-state index contributed by atoms with van der Waals surface area (Å²) in [6.07, 6.45) is 0. The summed E-state index contributed by atoms with van der Waals surface area (Å²) in [5.41, 5.74) is 0. The van der Waals surface area contributed by atoms with Gasteiger partial charge in [0, 0.05) is 6.92 Å². The average molecular weight is 383 g/mol. The van der Waals surface area contributed by atoms with Crippen molar-refractivity contribution >= 4 is 26.7 Å². The fourth-order valence-electron chi connectivity index (χ4n) is 2.98. The van der Waals surface area contributed by atoms with E-state index in [1.807, 2.05) is 36.4 Å². The van der Waals surface area contributed by atoms with Crippen molar-refractivity contribution < 1.29 is 17.9 Å². The number of fused-ring (bicyclic) bond motifs is 2. The monoisotopic (exact) mass is 383 g/mol. The summed E-state index contributed by atoms with van der Waals surface area (Å²) in [7, 11) is -4.07. The first kappa shape index (κ1) is 16.9. The van der Waals surface area contributed by atoms with E-state index in [0.29, 0.717) is 15.5 Å². The Labute approximate surface area is 154 Å². The summed E-state index contributed by atoms with van der Waals surface area (Å²) < 4.78 is 31.1. The number of carbonyl (C=O) groups is 1. The molecule has 1 heterocycles. The maximum atomic E-state index is 13.0. The molecule has 3 aromatic carbocycles. The molecule has 0 N–H and O–H groups in total. The lowest BCUT2D eigenvalue weighted by molar-refractivity contribution is -0.131. The highest BCUT2D eigenvalue weighted by molar-refractivity contribution is 8.00. The summed E-state index contributed by atoms with van der Waals surface area (Å²) in [6.45, 7) is 1.36. The number of carbonyl (C=O) groups excluding carboxylic acids is 1. The molecule has 1 aliphatic heterocycles. The van der Waals surface area contributed by atoms with E-state index in [4.69, 9.17) is 4.74 Å². The molecule has 1 aliphatic rings. The van der Waals surface area contributed by atoms with E-state index in [1.165, 1.54) is 6.92 Å². The molecule has 3 aromatic rings. The van der Waals surface area contributed by atoms with Gasteiger partial charge in [-0.1, -0.05) is 24.3 Å². The average Bonchev–Trinajstić information content (AvgIpc) is 2.63. The molecule has 0 aromatic heterocycles. The van der Waals surface area contributed by atoms with Gasteiger partial charge in [-0.2, -0.15) is 0 Å². The van der Waals surface area contributed by atoms with Gasteiger partial charge >= 0.3 is 5.97 Å². The Morgan fingerprint density at radius 3 is 1.81 bits per heavy atom. The van der Waals surface area contributed by atoms with Crippen LogP contribution >= 0.6 is 0 Å². The van der Waals surface area contributed by atoms with Crippen LogP contribution < -0.4 is 4.74 Å². The van der Waals surface area contributed by atoms with Gasteiger partial charge in [0.1, 0.15) is 26.4 Å². The number of esters is 1. The van der Waals surface area contributed by atoms with Crippen molar-refractivity contribution in [1.82, 2.24) is 0 Å². The van der Waals surface area contributed by atoms with E-state index in [0.717, 1.165) is 14.7 Å². The number of benzene rings is 3. The van der Waals surface area contributed by atoms with Gasteiger partial charge in [-0.25, -0.2) is 8.42 Å². The Bertz CT molecular complexity index is 1050. The lowest BCUT2D eigenvalue weighted by atomic mass is 10.3. The highest BCUT2D eigenvalue weighted by atomic mass is 32.2. The molecule has 0 saturated carbocycles. The summed E-state index contributed by atoms with van der Waals surface area (Å²) in [4.78, 5) is 14.4. The third-order valence-corrected chi connectivity index (χ3v) is 8.50. The lowest BCUT2D eigenvalue weighted by Gasteiger charge is -2.19. The molecule has 130 valence electrons. The number of rotatable bonds is 2. The van der Waals surface area contributed by atoms with Crippen LogP contribution in [0.1, 0.15) is 6.92 Å². The SMILES string of the molecule is CC(=O)Oc1ccc([S+]2c3ccccc3S(=O)(=O)c3ccccc32)cc1. The van der Waals surface area contributed by atoms with Gasteiger partial charge < -0.3 is 4.74 Å². The van der Waals surface area contributed by atoms with E-state index in [1.54, 1.807) is 36.4 Å². The van der Waals surface area contributed by atoms with Gasteiger partial charge in [0.05, 0.1) is 0 Å². The second-order valence-electron chi connectivity index (χ2n) is 5.77. The molecule has 4 rings (SSSR count). The fourth-order valence-corrected chi connectivity index (χ4v) is 7.68. The van der Waals surface area contributed by atoms with Crippen molar-refractivity contribution in [3.8, 4) is 5.75 Å². The van der Waals surface area contributed by atoms with Crippen molar-refractivity contribution in [2.75, 3.05) is 0 Å². The highest BCUT2D eigenvalue weighted by Gasteiger charge is 2.44. The molecule has 0 atom stereocenters. The van der Waals surface area contributed by atoms with Crippen LogP contribution in [0.4, 0.5) is 0 Å². The summed E-state index contributed by atoms with van der Waals surface area (Å²) in [5.74, 6) is 0.0932. The standard InChI is InChI=1S/C20H15O4S2/c1-14(21)24-15-10-12-16(13-11-15)25-17-6-2-4-8-19(17)26(22,23)20-9-5-3-7-18(20)25/h2-13H,1H3/q+1. The van der Waals surface area contributed by atoms with E-state index < -0.39 is 20.7 Å². The minimum atomic E-state index is -3.53. The smallest absolute Gasteiger partial charge is 0.308 e. The third-order valence-electron chi connectivity index (χ3n) is 4.04. The van der Waals surface area contributed by atoms with Crippen LogP contribution in [0.15, 0.2) is 97.3 Å². The Hall–Kier alpha value is -2.57. The van der Waals surface area contributed by atoms with Gasteiger partial charge in [-0.3, -0.25) is 4.79 Å². The molecule has 6 heteroatoms. The van der Waals surface area contributed by atoms with Crippen molar-refractivity contribution in [3.05, 3.63) is 72.8 Å². The van der Waals surface area contributed by atoms with Crippen molar-refractivity contribution in [2.45, 2.75) is 31.4 Å². The molecule has 0 aliphatic carbocycles. The van der Waals surface area contributed by atoms with Crippen molar-refractivity contribution in [1.29, 1.82) is 0 Å².